The van der Waals surface area contributed by atoms with Gasteiger partial charge in [0.15, 0.2) is 5.65 Å². The van der Waals surface area contributed by atoms with Crippen LogP contribution in [0.3, 0.4) is 0 Å². The Morgan fingerprint density at radius 2 is 2.21 bits per heavy atom. The Balaban J connectivity index is 1.69. The van der Waals surface area contributed by atoms with Crippen LogP contribution in [0.15, 0.2) is 18.6 Å². The first-order valence-electron chi connectivity index (χ1n) is 7.59. The SMILES string of the molecule is N=C(N)c1ccnc2ncn(NCCN3CCCC3C(F)(F)F)c12. The molecule has 0 aliphatic carbocycles. The fourth-order valence-corrected chi connectivity index (χ4v) is 3.06. The lowest BCUT2D eigenvalue weighted by molar-refractivity contribution is -0.175. The van der Waals surface area contributed by atoms with E-state index >= 15 is 0 Å². The molecule has 4 N–H and O–H groups in total. The van der Waals surface area contributed by atoms with Gasteiger partial charge in [-0.2, -0.15) is 13.2 Å². The van der Waals surface area contributed by atoms with E-state index in [4.69, 9.17) is 11.1 Å². The van der Waals surface area contributed by atoms with Gasteiger partial charge in [0, 0.05) is 24.8 Å². The van der Waals surface area contributed by atoms with E-state index in [-0.39, 0.29) is 18.8 Å². The maximum Gasteiger partial charge on any atom is 0.404 e. The molecule has 1 atom stereocenters. The number of hydrogen-bond acceptors (Lipinski definition) is 5. The molecule has 1 aliphatic rings. The lowest BCUT2D eigenvalue weighted by atomic mass is 10.2. The highest BCUT2D eigenvalue weighted by Gasteiger charge is 2.45. The van der Waals surface area contributed by atoms with Gasteiger partial charge in [-0.25, -0.2) is 14.6 Å². The number of amidine groups is 1. The predicted octanol–water partition coefficient (Wildman–Crippen LogP) is 1.29. The molecule has 1 saturated heterocycles. The summed E-state index contributed by atoms with van der Waals surface area (Å²) in [6.45, 7) is 1.01. The molecule has 0 amide bonds. The number of nitrogen functional groups attached to an aromatic ring is 1. The van der Waals surface area contributed by atoms with Crippen LogP contribution in [0.2, 0.25) is 0 Å². The molecule has 130 valence electrons. The average molecular weight is 341 g/mol. The maximum atomic E-state index is 12.9. The van der Waals surface area contributed by atoms with Crippen molar-refractivity contribution in [2.45, 2.75) is 25.1 Å². The molecule has 1 aliphatic heterocycles. The van der Waals surface area contributed by atoms with Crippen molar-refractivity contribution in [3.63, 3.8) is 0 Å². The van der Waals surface area contributed by atoms with Gasteiger partial charge in [0.05, 0.1) is 0 Å². The number of fused-ring (bicyclic) bond motifs is 1. The summed E-state index contributed by atoms with van der Waals surface area (Å²) in [5.74, 6) is -0.123. The minimum Gasteiger partial charge on any atom is -0.384 e. The summed E-state index contributed by atoms with van der Waals surface area (Å²) >= 11 is 0. The van der Waals surface area contributed by atoms with E-state index in [0.717, 1.165) is 0 Å². The molecule has 3 rings (SSSR count). The van der Waals surface area contributed by atoms with Crippen LogP contribution in [0.4, 0.5) is 13.2 Å². The van der Waals surface area contributed by atoms with Crippen molar-refractivity contribution in [3.05, 3.63) is 24.2 Å². The molecule has 2 aromatic rings. The van der Waals surface area contributed by atoms with Crippen LogP contribution in [-0.4, -0.2) is 57.2 Å². The second-order valence-corrected chi connectivity index (χ2v) is 5.70. The Kier molecular flexibility index (Phi) is 4.31. The topological polar surface area (TPSA) is 95.9 Å². The molecule has 3 heterocycles. The fourth-order valence-electron chi connectivity index (χ4n) is 3.06. The van der Waals surface area contributed by atoms with Crippen molar-refractivity contribution in [1.82, 2.24) is 19.5 Å². The van der Waals surface area contributed by atoms with Gasteiger partial charge >= 0.3 is 6.18 Å². The van der Waals surface area contributed by atoms with Crippen LogP contribution < -0.4 is 11.2 Å². The lowest BCUT2D eigenvalue weighted by Crippen LogP contribution is -2.43. The van der Waals surface area contributed by atoms with E-state index in [9.17, 15) is 13.2 Å². The quantitative estimate of drug-likeness (QED) is 0.562. The molecule has 0 radical (unpaired) electrons. The smallest absolute Gasteiger partial charge is 0.384 e. The van der Waals surface area contributed by atoms with Gasteiger partial charge in [-0.3, -0.25) is 10.3 Å². The zero-order chi connectivity index (χ0) is 17.3. The standard InChI is InChI=1S/C14H18F3N7/c15-14(16,17)10-2-1-6-23(10)7-5-22-24-8-21-13-11(24)9(12(18)19)3-4-20-13/h3-4,8,10,22H,1-2,5-7H2,(H3,18,19). The first-order chi connectivity index (χ1) is 11.4. The number of nitrogens with two attached hydrogens (primary N) is 1. The number of rotatable bonds is 5. The van der Waals surface area contributed by atoms with E-state index in [2.05, 4.69) is 15.4 Å². The molecular formula is C14H18F3N7. The van der Waals surface area contributed by atoms with Gasteiger partial charge in [0.1, 0.15) is 23.7 Å². The maximum absolute atomic E-state index is 12.9. The van der Waals surface area contributed by atoms with E-state index < -0.39 is 12.2 Å². The van der Waals surface area contributed by atoms with Gasteiger partial charge in [-0.1, -0.05) is 0 Å². The molecule has 0 saturated carbocycles. The Hall–Kier alpha value is -2.36. The summed E-state index contributed by atoms with van der Waals surface area (Å²) < 4.78 is 40.4. The number of pyridine rings is 1. The molecule has 1 fully saturated rings. The minimum absolute atomic E-state index is 0.123. The van der Waals surface area contributed by atoms with Gasteiger partial charge in [0.2, 0.25) is 0 Å². The molecule has 0 bridgehead atoms. The van der Waals surface area contributed by atoms with Crippen LogP contribution in [0.25, 0.3) is 11.2 Å². The highest BCUT2D eigenvalue weighted by molar-refractivity contribution is 6.04. The molecule has 1 unspecified atom stereocenters. The third-order valence-corrected chi connectivity index (χ3v) is 4.15. The minimum atomic E-state index is -4.19. The first kappa shape index (κ1) is 16.5. The summed E-state index contributed by atoms with van der Waals surface area (Å²) in [5, 5.41) is 7.61. The van der Waals surface area contributed by atoms with Gasteiger partial charge < -0.3 is 11.2 Å². The number of imidazole rings is 1. The number of likely N-dealkylation sites (tertiary alicyclic amines) is 1. The van der Waals surface area contributed by atoms with E-state index in [1.807, 2.05) is 0 Å². The molecule has 24 heavy (non-hydrogen) atoms. The lowest BCUT2D eigenvalue weighted by Gasteiger charge is -2.26. The van der Waals surface area contributed by atoms with Crippen LogP contribution in [-0.2, 0) is 0 Å². The summed E-state index contributed by atoms with van der Waals surface area (Å²) in [6, 6.07) is 0.235. The number of nitrogens with one attached hydrogen (secondary N) is 2. The van der Waals surface area contributed by atoms with Crippen LogP contribution >= 0.6 is 0 Å². The molecule has 10 heteroatoms. The summed E-state index contributed by atoms with van der Waals surface area (Å²) in [6.07, 6.45) is -0.500. The third kappa shape index (κ3) is 3.14. The van der Waals surface area contributed by atoms with Gasteiger partial charge in [-0.15, -0.1) is 0 Å². The molecular weight excluding hydrogens is 323 g/mol. The number of alkyl halides is 3. The number of nitrogens with zero attached hydrogens (tertiary/aromatic N) is 4. The first-order valence-corrected chi connectivity index (χ1v) is 7.59. The molecule has 0 spiro atoms. The molecule has 2 aromatic heterocycles. The predicted molar refractivity (Wildman–Crippen MR) is 83.4 cm³/mol. The van der Waals surface area contributed by atoms with E-state index in [1.54, 1.807) is 10.7 Å². The van der Waals surface area contributed by atoms with Crippen molar-refractivity contribution >= 4 is 17.0 Å². The average Bonchev–Trinajstić information content (AvgIpc) is 3.13. The van der Waals surface area contributed by atoms with Crippen molar-refractivity contribution in [3.8, 4) is 0 Å². The normalized spacial score (nSPS) is 19.0. The summed E-state index contributed by atoms with van der Waals surface area (Å²) in [5.41, 5.74) is 10.0. The van der Waals surface area contributed by atoms with Crippen LogP contribution in [0.5, 0.6) is 0 Å². The molecule has 7 nitrogen and oxygen atoms in total. The van der Waals surface area contributed by atoms with Crippen molar-refractivity contribution in [2.75, 3.05) is 25.1 Å². The second-order valence-electron chi connectivity index (χ2n) is 5.70. The zero-order valence-corrected chi connectivity index (χ0v) is 12.8. The largest absolute Gasteiger partial charge is 0.404 e. The van der Waals surface area contributed by atoms with Crippen LogP contribution in [0.1, 0.15) is 18.4 Å². The molecule has 0 aromatic carbocycles. The number of aromatic nitrogens is 3. The highest BCUT2D eigenvalue weighted by Crippen LogP contribution is 2.32. The Labute approximate surface area is 136 Å². The number of halogens is 3. The number of hydrogen-bond donors (Lipinski definition) is 3. The zero-order valence-electron chi connectivity index (χ0n) is 12.8. The van der Waals surface area contributed by atoms with Crippen molar-refractivity contribution in [2.24, 2.45) is 5.73 Å². The van der Waals surface area contributed by atoms with E-state index in [0.29, 0.717) is 36.2 Å². The summed E-state index contributed by atoms with van der Waals surface area (Å²) in [7, 11) is 0. The van der Waals surface area contributed by atoms with Crippen molar-refractivity contribution in [1.29, 1.82) is 5.41 Å². The van der Waals surface area contributed by atoms with Gasteiger partial charge in [0.25, 0.3) is 0 Å². The van der Waals surface area contributed by atoms with Crippen LogP contribution in [0, 0.1) is 5.41 Å². The highest BCUT2D eigenvalue weighted by atomic mass is 19.4. The summed E-state index contributed by atoms with van der Waals surface area (Å²) in [4.78, 5) is 9.64. The Bertz CT molecular complexity index is 740. The van der Waals surface area contributed by atoms with Gasteiger partial charge in [-0.05, 0) is 25.5 Å². The fraction of sp³-hybridized carbons (Fsp3) is 0.500. The third-order valence-electron chi connectivity index (χ3n) is 4.15. The second kappa shape index (κ2) is 6.27. The Morgan fingerprint density at radius 1 is 1.42 bits per heavy atom. The van der Waals surface area contributed by atoms with Crippen molar-refractivity contribution < 1.29 is 13.2 Å². The van der Waals surface area contributed by atoms with E-state index in [1.165, 1.54) is 17.4 Å². The monoisotopic (exact) mass is 341 g/mol. The Morgan fingerprint density at radius 3 is 2.92 bits per heavy atom.